The molecule has 0 unspecified atom stereocenters. The van der Waals surface area contributed by atoms with Gasteiger partial charge in [-0.2, -0.15) is 0 Å². The zero-order valence-corrected chi connectivity index (χ0v) is 19.4. The highest BCUT2D eigenvalue weighted by Crippen LogP contribution is 2.29. The molecule has 0 fully saturated rings. The van der Waals surface area contributed by atoms with Crippen LogP contribution in [0.2, 0.25) is 0 Å². The molecule has 0 aromatic heterocycles. The minimum absolute atomic E-state index is 0.0887. The summed E-state index contributed by atoms with van der Waals surface area (Å²) in [4.78, 5) is 12.3. The van der Waals surface area contributed by atoms with E-state index in [1.54, 1.807) is 0 Å². The summed E-state index contributed by atoms with van der Waals surface area (Å²) in [5, 5.41) is 5.80. The second-order valence-electron chi connectivity index (χ2n) is 7.61. The Hall–Kier alpha value is -1.88. The number of nitrogens with one attached hydrogen (secondary N) is 1. The molecular weight excluding hydrogens is 469 g/mol. The number of hydrogen-bond acceptors (Lipinski definition) is 1. The molecule has 0 aliphatic carbocycles. The molecule has 0 atom stereocenters. The van der Waals surface area contributed by atoms with Crippen molar-refractivity contribution in [2.45, 2.75) is 51.9 Å². The van der Waals surface area contributed by atoms with Crippen LogP contribution >= 0.6 is 22.6 Å². The van der Waals surface area contributed by atoms with Crippen LogP contribution in [0.4, 0.5) is 0 Å². The number of rotatable bonds is 10. The van der Waals surface area contributed by atoms with E-state index in [1.165, 1.54) is 51.2 Å². The van der Waals surface area contributed by atoms with Gasteiger partial charge in [0.15, 0.2) is 0 Å². The van der Waals surface area contributed by atoms with E-state index in [4.69, 9.17) is 0 Å². The summed E-state index contributed by atoms with van der Waals surface area (Å²) in [6.45, 7) is 2.93. The number of hydrogen-bond donors (Lipinski definition) is 1. The van der Waals surface area contributed by atoms with Crippen molar-refractivity contribution in [2.24, 2.45) is 0 Å². The van der Waals surface area contributed by atoms with Gasteiger partial charge in [0.05, 0.1) is 6.42 Å². The molecule has 3 rings (SSSR count). The Labute approximate surface area is 188 Å². The first-order chi connectivity index (χ1) is 14.2. The summed E-state index contributed by atoms with van der Waals surface area (Å²) in [6.07, 6.45) is 7.54. The molecule has 0 heterocycles. The van der Waals surface area contributed by atoms with E-state index in [2.05, 4.69) is 65.2 Å². The lowest BCUT2D eigenvalue weighted by Gasteiger charge is -2.14. The summed E-state index contributed by atoms with van der Waals surface area (Å²) >= 11 is 2.48. The summed E-state index contributed by atoms with van der Waals surface area (Å²) in [5.41, 5.74) is 3.87. The van der Waals surface area contributed by atoms with Crippen LogP contribution in [0.3, 0.4) is 0 Å². The predicted octanol–water partition coefficient (Wildman–Crippen LogP) is 6.47. The average Bonchev–Trinajstić information content (AvgIpc) is 2.73. The van der Waals surface area contributed by atoms with Crippen molar-refractivity contribution in [1.82, 2.24) is 5.32 Å². The first kappa shape index (κ1) is 21.8. The number of carbonyl (C=O) groups excluding carboxylic acids is 1. The third-order valence-electron chi connectivity index (χ3n) is 5.39. The number of fused-ring (bicyclic) bond motifs is 1. The molecule has 0 saturated heterocycles. The molecule has 0 spiro atoms. The van der Waals surface area contributed by atoms with Crippen LogP contribution in [-0.2, 0) is 24.1 Å². The van der Waals surface area contributed by atoms with Crippen molar-refractivity contribution in [3.05, 3.63) is 80.9 Å². The van der Waals surface area contributed by atoms with E-state index in [-0.39, 0.29) is 5.91 Å². The third-order valence-corrected chi connectivity index (χ3v) is 6.40. The fraction of sp³-hybridized carbons (Fsp3) is 0.346. The lowest BCUT2D eigenvalue weighted by atomic mass is 9.94. The first-order valence-corrected chi connectivity index (χ1v) is 11.8. The molecule has 1 amide bonds. The molecule has 0 bridgehead atoms. The van der Waals surface area contributed by atoms with Gasteiger partial charge in [-0.15, -0.1) is 0 Å². The molecule has 2 nitrogen and oxygen atoms in total. The number of amides is 1. The van der Waals surface area contributed by atoms with E-state index >= 15 is 0 Å². The summed E-state index contributed by atoms with van der Waals surface area (Å²) in [6, 6.07) is 20.9. The van der Waals surface area contributed by atoms with Gasteiger partial charge in [0, 0.05) is 10.1 Å². The van der Waals surface area contributed by atoms with Crippen molar-refractivity contribution in [3.8, 4) is 0 Å². The highest BCUT2D eigenvalue weighted by molar-refractivity contribution is 14.1. The summed E-state index contributed by atoms with van der Waals surface area (Å²) in [7, 11) is 0. The lowest BCUT2D eigenvalue weighted by Crippen LogP contribution is -2.27. The zero-order chi connectivity index (χ0) is 20.5. The Morgan fingerprint density at radius 1 is 0.897 bits per heavy atom. The number of benzene rings is 3. The number of halogens is 1. The molecule has 0 radical (unpaired) electrons. The smallest absolute Gasteiger partial charge is 0.224 e. The quantitative estimate of drug-likeness (QED) is 0.252. The van der Waals surface area contributed by atoms with Crippen molar-refractivity contribution < 1.29 is 4.79 Å². The SMILES string of the molecule is CCCCCCc1c(I)ccc2cccc(CCNC(=O)Cc3ccccc3)c12. The fourth-order valence-corrected chi connectivity index (χ4v) is 4.59. The molecule has 0 aliphatic rings. The van der Waals surface area contributed by atoms with Crippen molar-refractivity contribution >= 4 is 39.3 Å². The maximum atomic E-state index is 12.3. The molecule has 3 aromatic rings. The molecule has 29 heavy (non-hydrogen) atoms. The van der Waals surface area contributed by atoms with Crippen molar-refractivity contribution in [2.75, 3.05) is 6.54 Å². The molecule has 3 aromatic carbocycles. The fourth-order valence-electron chi connectivity index (χ4n) is 3.87. The summed E-state index contributed by atoms with van der Waals surface area (Å²) < 4.78 is 1.35. The monoisotopic (exact) mass is 499 g/mol. The Bertz CT molecular complexity index is 936. The molecule has 0 aliphatic heterocycles. The topological polar surface area (TPSA) is 29.1 Å². The van der Waals surface area contributed by atoms with Crippen LogP contribution in [0.1, 0.15) is 49.3 Å². The van der Waals surface area contributed by atoms with Crippen molar-refractivity contribution in [3.63, 3.8) is 0 Å². The van der Waals surface area contributed by atoms with Gasteiger partial charge in [0.2, 0.25) is 5.91 Å². The molecule has 152 valence electrons. The first-order valence-electron chi connectivity index (χ1n) is 10.7. The highest BCUT2D eigenvalue weighted by atomic mass is 127. The minimum atomic E-state index is 0.0887. The Balaban J connectivity index is 1.68. The standard InChI is InChI=1S/C26H30INO/c1-2-3-4-8-14-23-24(27)16-15-21-12-9-13-22(26(21)23)17-18-28-25(29)19-20-10-6-5-7-11-20/h5-7,9-13,15-16H,2-4,8,14,17-19H2,1H3,(H,28,29). The normalized spacial score (nSPS) is 11.0. The van der Waals surface area contributed by atoms with Crippen molar-refractivity contribution in [1.29, 1.82) is 0 Å². The van der Waals surface area contributed by atoms with Gasteiger partial charge >= 0.3 is 0 Å². The lowest BCUT2D eigenvalue weighted by molar-refractivity contribution is -0.120. The summed E-state index contributed by atoms with van der Waals surface area (Å²) in [5.74, 6) is 0.0887. The van der Waals surface area contributed by atoms with Crippen LogP contribution in [0, 0.1) is 3.57 Å². The second-order valence-corrected chi connectivity index (χ2v) is 8.78. The minimum Gasteiger partial charge on any atom is -0.355 e. The average molecular weight is 499 g/mol. The zero-order valence-electron chi connectivity index (χ0n) is 17.2. The van der Waals surface area contributed by atoms with Crippen LogP contribution in [0.5, 0.6) is 0 Å². The van der Waals surface area contributed by atoms with Crippen LogP contribution in [0.25, 0.3) is 10.8 Å². The number of aryl methyl sites for hydroxylation is 1. The van der Waals surface area contributed by atoms with E-state index < -0.39 is 0 Å². The third kappa shape index (κ3) is 6.30. The maximum absolute atomic E-state index is 12.3. The molecule has 3 heteroatoms. The number of unbranched alkanes of at least 4 members (excludes halogenated alkanes) is 3. The Kier molecular flexibility index (Phi) is 8.53. The number of carbonyl (C=O) groups is 1. The molecule has 0 saturated carbocycles. The van der Waals surface area contributed by atoms with E-state index in [0.717, 1.165) is 18.4 Å². The van der Waals surface area contributed by atoms with Gasteiger partial charge in [-0.05, 0) is 75.4 Å². The predicted molar refractivity (Wildman–Crippen MR) is 131 cm³/mol. The molecular formula is C26H30INO. The van der Waals surface area contributed by atoms with E-state index in [9.17, 15) is 4.79 Å². The largest absolute Gasteiger partial charge is 0.355 e. The van der Waals surface area contributed by atoms with Gasteiger partial charge in [-0.3, -0.25) is 4.79 Å². The van der Waals surface area contributed by atoms with Crippen LogP contribution in [0.15, 0.2) is 60.7 Å². The van der Waals surface area contributed by atoms with Gasteiger partial charge < -0.3 is 5.32 Å². The van der Waals surface area contributed by atoms with Gasteiger partial charge in [-0.1, -0.05) is 80.8 Å². The van der Waals surface area contributed by atoms with Gasteiger partial charge in [-0.25, -0.2) is 0 Å². The van der Waals surface area contributed by atoms with Gasteiger partial charge in [0.25, 0.3) is 0 Å². The highest BCUT2D eigenvalue weighted by Gasteiger charge is 2.11. The van der Waals surface area contributed by atoms with Crippen LogP contribution < -0.4 is 5.32 Å². The molecule has 1 N–H and O–H groups in total. The second kappa shape index (κ2) is 11.3. The van der Waals surface area contributed by atoms with Gasteiger partial charge in [0.1, 0.15) is 0 Å². The van der Waals surface area contributed by atoms with Crippen LogP contribution in [-0.4, -0.2) is 12.5 Å². The Morgan fingerprint density at radius 3 is 2.52 bits per heavy atom. The Morgan fingerprint density at radius 2 is 1.72 bits per heavy atom. The van der Waals surface area contributed by atoms with E-state index in [0.29, 0.717) is 13.0 Å². The van der Waals surface area contributed by atoms with E-state index in [1.807, 2.05) is 30.3 Å². The maximum Gasteiger partial charge on any atom is 0.224 e.